The second kappa shape index (κ2) is 18.1. The Morgan fingerprint density at radius 3 is 2.33 bits per heavy atom. The number of hydrogen-bond acceptors (Lipinski definition) is 8. The predicted octanol–water partition coefficient (Wildman–Crippen LogP) is 1.81. The zero-order valence-corrected chi connectivity index (χ0v) is 23.5. The van der Waals surface area contributed by atoms with Gasteiger partial charge in [-0.05, 0) is 50.3 Å². The Bertz CT molecular complexity index is 871. The van der Waals surface area contributed by atoms with E-state index in [0.29, 0.717) is 52.2 Å². The highest BCUT2D eigenvalue weighted by atomic mass is 35.5. The first-order valence-electron chi connectivity index (χ1n) is 13.6. The molecule has 0 bridgehead atoms. The molecule has 2 fully saturated rings. The number of pyridine rings is 1. The molecule has 1 aromatic heterocycles. The molecule has 1 saturated heterocycles. The van der Waals surface area contributed by atoms with Crippen LogP contribution in [0.1, 0.15) is 50.1 Å². The highest BCUT2D eigenvalue weighted by Crippen LogP contribution is 2.36. The van der Waals surface area contributed by atoms with Gasteiger partial charge in [0.05, 0.1) is 50.9 Å². The van der Waals surface area contributed by atoms with Crippen molar-refractivity contribution < 1.29 is 33.7 Å². The molecule has 2 amide bonds. The van der Waals surface area contributed by atoms with Gasteiger partial charge >= 0.3 is 5.97 Å². The maximum atomic E-state index is 12.7. The normalized spacial score (nSPS) is 22.9. The highest BCUT2D eigenvalue weighted by molar-refractivity contribution is 5.90. The molecule has 3 N–H and O–H groups in total. The van der Waals surface area contributed by atoms with Crippen molar-refractivity contribution in [3.63, 3.8) is 0 Å². The number of aliphatic carboxylic acids is 1. The van der Waals surface area contributed by atoms with Crippen LogP contribution in [0.4, 0.5) is 0 Å². The van der Waals surface area contributed by atoms with Crippen LogP contribution in [0, 0.1) is 11.8 Å². The van der Waals surface area contributed by atoms with E-state index < -0.39 is 11.9 Å². The van der Waals surface area contributed by atoms with Crippen molar-refractivity contribution in [1.29, 1.82) is 0 Å². The molecule has 2 atom stereocenters. The Hall–Kier alpha value is -2.31. The van der Waals surface area contributed by atoms with Crippen LogP contribution in [0.3, 0.4) is 0 Å². The van der Waals surface area contributed by atoms with Crippen molar-refractivity contribution in [2.45, 2.75) is 50.6 Å². The van der Waals surface area contributed by atoms with E-state index in [1.54, 1.807) is 30.4 Å². The fourth-order valence-electron chi connectivity index (χ4n) is 5.06. The van der Waals surface area contributed by atoms with E-state index in [-0.39, 0.29) is 42.6 Å². The van der Waals surface area contributed by atoms with Gasteiger partial charge in [0.15, 0.2) is 0 Å². The summed E-state index contributed by atoms with van der Waals surface area (Å²) in [5.41, 5.74) is 0.853. The summed E-state index contributed by atoms with van der Waals surface area (Å²) >= 11 is 0. The number of nitrogens with one attached hydrogen (secondary N) is 2. The summed E-state index contributed by atoms with van der Waals surface area (Å²) in [5, 5.41) is 15.4. The summed E-state index contributed by atoms with van der Waals surface area (Å²) in [4.78, 5) is 41.6. The number of carboxylic acid groups (broad SMARTS) is 1. The highest BCUT2D eigenvalue weighted by Gasteiger charge is 2.42. The fraction of sp³-hybridized carbons (Fsp3) is 0.704. The van der Waals surface area contributed by atoms with Crippen molar-refractivity contribution in [1.82, 2.24) is 20.5 Å². The van der Waals surface area contributed by atoms with Gasteiger partial charge in [-0.1, -0.05) is 6.07 Å². The lowest BCUT2D eigenvalue weighted by molar-refractivity contribution is -0.143. The van der Waals surface area contributed by atoms with E-state index in [0.717, 1.165) is 44.2 Å². The molecular weight excluding hydrogens is 528 g/mol. The standard InChI is InChI=1S/C27H42N4O7.ClH/c1-31-24(32)18-23(25(31)21-4-2-9-28-19-21)26(33)30-11-13-37-15-17-38-16-14-36-12-3-10-29-22-7-5-20(6-8-22)27(34)35;/h2,4,9,19-20,22-23,25,29H,3,5-8,10-18H2,1H3,(H,30,33)(H,34,35);1H/t20?,22?,23-,25+;/m0./s1. The number of carboxylic acids is 1. The second-order valence-electron chi connectivity index (χ2n) is 9.87. The molecule has 39 heavy (non-hydrogen) atoms. The smallest absolute Gasteiger partial charge is 0.306 e. The summed E-state index contributed by atoms with van der Waals surface area (Å²) in [6, 6.07) is 3.80. The number of carbonyl (C=O) groups is 3. The Labute approximate surface area is 236 Å². The molecule has 0 unspecified atom stereocenters. The van der Waals surface area contributed by atoms with Crippen LogP contribution in [0.25, 0.3) is 0 Å². The molecule has 11 nitrogen and oxygen atoms in total. The van der Waals surface area contributed by atoms with E-state index in [4.69, 9.17) is 19.3 Å². The quantitative estimate of drug-likeness (QED) is 0.239. The van der Waals surface area contributed by atoms with Crippen molar-refractivity contribution >= 4 is 30.2 Å². The lowest BCUT2D eigenvalue weighted by atomic mass is 9.86. The average Bonchev–Trinajstić information content (AvgIpc) is 3.23. The first-order chi connectivity index (χ1) is 18.5. The minimum Gasteiger partial charge on any atom is -0.481 e. The molecule has 1 aliphatic carbocycles. The van der Waals surface area contributed by atoms with E-state index in [1.165, 1.54) is 0 Å². The van der Waals surface area contributed by atoms with Crippen LogP contribution >= 0.6 is 12.4 Å². The topological polar surface area (TPSA) is 139 Å². The lowest BCUT2D eigenvalue weighted by Gasteiger charge is -2.26. The Morgan fingerprint density at radius 2 is 1.69 bits per heavy atom. The molecule has 2 aliphatic rings. The average molecular weight is 571 g/mol. The van der Waals surface area contributed by atoms with Crippen LogP contribution in [-0.2, 0) is 28.6 Å². The maximum Gasteiger partial charge on any atom is 0.306 e. The zero-order chi connectivity index (χ0) is 27.2. The third kappa shape index (κ3) is 11.0. The molecule has 2 heterocycles. The van der Waals surface area contributed by atoms with Crippen LogP contribution in [0.15, 0.2) is 24.5 Å². The SMILES string of the molecule is CN1C(=O)C[C@H](C(=O)NCCOCCOCCOCCCNC2CCC(C(=O)O)CC2)[C@H]1c1cccnc1.Cl. The van der Waals surface area contributed by atoms with Crippen molar-refractivity contribution in [3.8, 4) is 0 Å². The summed E-state index contributed by atoms with van der Waals surface area (Å²) < 4.78 is 16.6. The summed E-state index contributed by atoms with van der Waals surface area (Å²) in [5.74, 6) is -1.50. The lowest BCUT2D eigenvalue weighted by Crippen LogP contribution is -2.36. The van der Waals surface area contributed by atoms with E-state index in [2.05, 4.69) is 15.6 Å². The van der Waals surface area contributed by atoms with Gasteiger partial charge in [-0.15, -0.1) is 12.4 Å². The monoisotopic (exact) mass is 570 g/mol. The van der Waals surface area contributed by atoms with Crippen molar-refractivity contribution in [3.05, 3.63) is 30.1 Å². The summed E-state index contributed by atoms with van der Waals surface area (Å²) in [6.07, 6.45) is 7.82. The first kappa shape index (κ1) is 32.9. The molecule has 220 valence electrons. The van der Waals surface area contributed by atoms with Crippen molar-refractivity contribution in [2.24, 2.45) is 11.8 Å². The molecule has 1 saturated carbocycles. The number of carbonyl (C=O) groups excluding carboxylic acids is 2. The number of likely N-dealkylation sites (tertiary alicyclic amines) is 1. The summed E-state index contributed by atoms with van der Waals surface area (Å²) in [6.45, 7) is 4.14. The maximum absolute atomic E-state index is 12.7. The Balaban J connectivity index is 0.00000533. The molecule has 3 rings (SSSR count). The third-order valence-electron chi connectivity index (χ3n) is 7.21. The first-order valence-corrected chi connectivity index (χ1v) is 13.6. The van der Waals surface area contributed by atoms with E-state index in [9.17, 15) is 14.4 Å². The van der Waals surface area contributed by atoms with Crippen molar-refractivity contribution in [2.75, 3.05) is 59.8 Å². The van der Waals surface area contributed by atoms with Crippen LogP contribution in [0.5, 0.6) is 0 Å². The third-order valence-corrected chi connectivity index (χ3v) is 7.21. The Kier molecular flexibility index (Phi) is 15.3. The number of rotatable bonds is 17. The van der Waals surface area contributed by atoms with E-state index in [1.807, 2.05) is 6.07 Å². The van der Waals surface area contributed by atoms with Gasteiger partial charge in [-0.3, -0.25) is 19.4 Å². The zero-order valence-electron chi connectivity index (χ0n) is 22.7. The number of amides is 2. The number of aromatic nitrogens is 1. The van der Waals surface area contributed by atoms with Crippen LogP contribution < -0.4 is 10.6 Å². The van der Waals surface area contributed by atoms with Gasteiger partial charge in [-0.25, -0.2) is 0 Å². The fourth-order valence-corrected chi connectivity index (χ4v) is 5.06. The molecule has 1 aromatic rings. The number of halogens is 1. The van der Waals surface area contributed by atoms with Gasteiger partial charge in [0.2, 0.25) is 11.8 Å². The van der Waals surface area contributed by atoms with Gasteiger partial charge in [-0.2, -0.15) is 0 Å². The second-order valence-corrected chi connectivity index (χ2v) is 9.87. The number of ether oxygens (including phenoxy) is 3. The van der Waals surface area contributed by atoms with Gasteiger partial charge in [0, 0.05) is 45.1 Å². The van der Waals surface area contributed by atoms with E-state index >= 15 is 0 Å². The number of hydrogen-bond donors (Lipinski definition) is 3. The molecule has 1 aliphatic heterocycles. The van der Waals surface area contributed by atoms with Gasteiger partial charge in [0.1, 0.15) is 0 Å². The molecule has 0 radical (unpaired) electrons. The minimum absolute atomic E-state index is 0. The molecule has 0 spiro atoms. The predicted molar refractivity (Wildman–Crippen MR) is 147 cm³/mol. The Morgan fingerprint density at radius 1 is 1.03 bits per heavy atom. The van der Waals surface area contributed by atoms with Gasteiger partial charge in [0.25, 0.3) is 0 Å². The molecule has 0 aromatic carbocycles. The largest absolute Gasteiger partial charge is 0.481 e. The summed E-state index contributed by atoms with van der Waals surface area (Å²) in [7, 11) is 1.72. The minimum atomic E-state index is -0.669. The molecule has 12 heteroatoms. The van der Waals surface area contributed by atoms with Gasteiger partial charge < -0.3 is 34.9 Å². The molecular formula is C27H43ClN4O7. The van der Waals surface area contributed by atoms with Crippen LogP contribution in [0.2, 0.25) is 0 Å². The van der Waals surface area contributed by atoms with Crippen LogP contribution in [-0.4, -0.2) is 98.6 Å². The number of nitrogens with zero attached hydrogens (tertiary/aromatic N) is 2.